The zero-order valence-electron chi connectivity index (χ0n) is 4.91. The van der Waals surface area contributed by atoms with E-state index >= 15 is 0 Å². The molecule has 0 radical (unpaired) electrons. The van der Waals surface area contributed by atoms with E-state index in [2.05, 4.69) is 0 Å². The highest BCUT2D eigenvalue weighted by atomic mass is 32.3. The van der Waals surface area contributed by atoms with Crippen LogP contribution in [-0.4, -0.2) is 68.6 Å². The maximum absolute atomic E-state index is 8.74. The Bertz CT molecular complexity index is 149. The Kier molecular flexibility index (Phi) is 15.3. The number of hydrogen-bond acceptors (Lipinski definition) is 6. The molecule has 0 fully saturated rings. The van der Waals surface area contributed by atoms with Crippen molar-refractivity contribution in [1.29, 1.82) is 0 Å². The summed E-state index contributed by atoms with van der Waals surface area (Å²) in [5, 5.41) is 0. The normalized spacial score (nSPS) is 9.83. The molecule has 0 aromatic heterocycles. The van der Waals surface area contributed by atoms with E-state index in [0.717, 1.165) is 0 Å². The monoisotopic (exact) mass is 242 g/mol. The van der Waals surface area contributed by atoms with Crippen LogP contribution in [0.2, 0.25) is 0 Å². The van der Waals surface area contributed by atoms with Crippen LogP contribution in [0.3, 0.4) is 0 Å². The fourth-order valence-corrected chi connectivity index (χ4v) is 0. The van der Waals surface area contributed by atoms with Crippen molar-refractivity contribution in [2.24, 2.45) is 0 Å². The smallest absolute Gasteiger partial charge is 0.412 e. The molecule has 12 heteroatoms. The largest absolute Gasteiger partial charge is 0.668 e. The van der Waals surface area contributed by atoms with Gasteiger partial charge < -0.3 is 24.7 Å². The molecule has 0 aromatic rings. The predicted octanol–water partition coefficient (Wildman–Crippen LogP) is -5.27. The topological polar surface area (TPSA) is 187 Å². The summed E-state index contributed by atoms with van der Waals surface area (Å²) >= 11 is 0. The lowest BCUT2D eigenvalue weighted by Gasteiger charge is -1.91. The van der Waals surface area contributed by atoms with Gasteiger partial charge in [0.05, 0.1) is 0 Å². The molecule has 0 saturated carbocycles. The van der Waals surface area contributed by atoms with Crippen LogP contribution in [0.25, 0.3) is 0 Å². The second-order valence-corrected chi connectivity index (χ2v) is 3.14. The third-order valence-corrected chi connectivity index (χ3v) is 0. The molecule has 0 unspecified atom stereocenters. The summed E-state index contributed by atoms with van der Waals surface area (Å²) in [6, 6.07) is 0. The lowest BCUT2D eigenvalue weighted by Crippen LogP contribution is -2.33. The van der Waals surface area contributed by atoms with Crippen LogP contribution in [0, 0.1) is 0 Å². The lowest BCUT2D eigenvalue weighted by atomic mass is 15.7. The van der Waals surface area contributed by atoms with Gasteiger partial charge in [0.2, 0.25) is 0 Å². The Hall–Kier alpha value is 0.419. The highest BCUT2D eigenvalue weighted by Crippen LogP contribution is 1.67. The van der Waals surface area contributed by atoms with Gasteiger partial charge in [0.1, 0.15) is 0 Å². The molecule has 8 N–H and O–H groups in total. The van der Waals surface area contributed by atoms with Crippen molar-refractivity contribution < 1.29 is 42.2 Å². The SMILES string of the molecule is O.O=S(=O)(O)O.O[Si](O)(O)O.[AlH3]. The van der Waals surface area contributed by atoms with Crippen LogP contribution in [-0.2, 0) is 10.4 Å². The van der Waals surface area contributed by atoms with E-state index in [1.54, 1.807) is 0 Å². The number of hydrogen-bond donors (Lipinski definition) is 6. The van der Waals surface area contributed by atoms with Crippen molar-refractivity contribution >= 4 is 36.8 Å². The van der Waals surface area contributed by atoms with Crippen LogP contribution in [0.5, 0.6) is 0 Å². The molecule has 0 aliphatic rings. The van der Waals surface area contributed by atoms with Gasteiger partial charge in [-0.15, -0.1) is 0 Å². The first-order valence-corrected chi connectivity index (χ1v) is 4.78. The van der Waals surface area contributed by atoms with Crippen LogP contribution in [0.4, 0.5) is 0 Å². The fraction of sp³-hybridized carbons (Fsp3) is 0. The van der Waals surface area contributed by atoms with Gasteiger partial charge in [-0.3, -0.25) is 9.11 Å². The maximum Gasteiger partial charge on any atom is 0.668 e. The van der Waals surface area contributed by atoms with Crippen molar-refractivity contribution in [3.63, 3.8) is 0 Å². The van der Waals surface area contributed by atoms with Crippen LogP contribution in [0.1, 0.15) is 0 Å². The van der Waals surface area contributed by atoms with Gasteiger partial charge in [0, 0.05) is 0 Å². The average Bonchev–Trinajstić information content (AvgIpc) is 1.12. The molecule has 9 nitrogen and oxygen atoms in total. The zero-order chi connectivity index (χ0) is 9.00. The molecule has 0 aromatic carbocycles. The molecule has 0 rings (SSSR count). The van der Waals surface area contributed by atoms with Crippen molar-refractivity contribution in [2.75, 3.05) is 0 Å². The second kappa shape index (κ2) is 8.04. The summed E-state index contributed by atoms with van der Waals surface area (Å²) in [4.78, 5) is 29.3. The van der Waals surface area contributed by atoms with Gasteiger partial charge in [-0.1, -0.05) is 0 Å². The Balaban J connectivity index is -0.0000000457. The summed E-state index contributed by atoms with van der Waals surface area (Å²) in [5.41, 5.74) is 0. The quantitative estimate of drug-likeness (QED) is 0.179. The standard InChI is InChI=1S/Al.H2O4S.H4O4Si.H2O.3H/c;2*1-5(2,3)4;;;;/h;(H2,1,2,3,4);1-4H;1H2;;;. The third kappa shape index (κ3) is 5260. The number of rotatable bonds is 0. The van der Waals surface area contributed by atoms with Crippen molar-refractivity contribution in [1.82, 2.24) is 0 Å². The van der Waals surface area contributed by atoms with Crippen LogP contribution in [0.15, 0.2) is 0 Å². The minimum atomic E-state index is -4.67. The van der Waals surface area contributed by atoms with Crippen molar-refractivity contribution in [3.05, 3.63) is 0 Å². The average molecular weight is 242 g/mol. The molecule has 0 bridgehead atoms. The van der Waals surface area contributed by atoms with E-state index in [4.69, 9.17) is 36.7 Å². The Morgan fingerprint density at radius 2 is 0.917 bits per heavy atom. The molecule has 0 spiro atoms. The summed E-state index contributed by atoms with van der Waals surface area (Å²) < 4.78 is 31.6. The van der Waals surface area contributed by atoms with Gasteiger partial charge in [0.15, 0.2) is 17.4 Å². The first-order valence-electron chi connectivity index (χ1n) is 1.59. The Morgan fingerprint density at radius 3 is 0.917 bits per heavy atom. The maximum atomic E-state index is 8.74. The molecular weight excluding hydrogens is 231 g/mol. The summed E-state index contributed by atoms with van der Waals surface area (Å²) in [6.07, 6.45) is 0. The highest BCUT2D eigenvalue weighted by molar-refractivity contribution is 7.79. The molecule has 0 heterocycles. The summed E-state index contributed by atoms with van der Waals surface area (Å²) in [6.45, 7) is 0. The van der Waals surface area contributed by atoms with Gasteiger partial charge in [0.25, 0.3) is 0 Å². The van der Waals surface area contributed by atoms with Crippen molar-refractivity contribution in [2.45, 2.75) is 0 Å². The summed E-state index contributed by atoms with van der Waals surface area (Å²) in [5.74, 6) is 0. The first-order chi connectivity index (χ1) is 4.00. The third-order valence-electron chi connectivity index (χ3n) is 0. The molecule has 12 heavy (non-hydrogen) atoms. The first kappa shape index (κ1) is 22.8. The van der Waals surface area contributed by atoms with Gasteiger partial charge in [-0.05, 0) is 0 Å². The molecular formula is H11AlO9SSi. The van der Waals surface area contributed by atoms with Crippen LogP contribution >= 0.6 is 0 Å². The predicted molar refractivity (Wildman–Crippen MR) is 42.4 cm³/mol. The Labute approximate surface area is 79.4 Å². The molecule has 0 atom stereocenters. The lowest BCUT2D eigenvalue weighted by molar-refractivity contribution is 0.117. The van der Waals surface area contributed by atoms with E-state index in [1.807, 2.05) is 0 Å². The van der Waals surface area contributed by atoms with E-state index in [9.17, 15) is 0 Å². The van der Waals surface area contributed by atoms with Crippen LogP contribution < -0.4 is 0 Å². The minimum Gasteiger partial charge on any atom is -0.412 e. The van der Waals surface area contributed by atoms with E-state index in [0.29, 0.717) is 0 Å². The van der Waals surface area contributed by atoms with Gasteiger partial charge in [-0.2, -0.15) is 8.42 Å². The van der Waals surface area contributed by atoms with E-state index in [1.165, 1.54) is 0 Å². The Morgan fingerprint density at radius 1 is 0.917 bits per heavy atom. The second-order valence-electron chi connectivity index (χ2n) is 1.05. The molecule has 0 saturated heterocycles. The van der Waals surface area contributed by atoms with E-state index < -0.39 is 19.4 Å². The van der Waals surface area contributed by atoms with E-state index in [-0.39, 0.29) is 22.8 Å². The van der Waals surface area contributed by atoms with Gasteiger partial charge in [-0.25, -0.2) is 0 Å². The highest BCUT2D eigenvalue weighted by Gasteiger charge is 2.22. The van der Waals surface area contributed by atoms with Crippen molar-refractivity contribution in [3.8, 4) is 0 Å². The molecule has 0 amide bonds. The molecule has 0 aliphatic heterocycles. The fourth-order valence-electron chi connectivity index (χ4n) is 0. The molecule has 78 valence electrons. The zero-order valence-corrected chi connectivity index (χ0v) is 6.72. The molecule has 0 aliphatic carbocycles. The summed E-state index contributed by atoms with van der Waals surface area (Å²) in [7, 11) is -9.28. The minimum absolute atomic E-state index is 0. The van der Waals surface area contributed by atoms with Gasteiger partial charge >= 0.3 is 19.4 Å².